The highest BCUT2D eigenvalue weighted by molar-refractivity contribution is 5.80. The van der Waals surface area contributed by atoms with Gasteiger partial charge in [0.25, 0.3) is 0 Å². The highest BCUT2D eigenvalue weighted by atomic mass is 16.2. The van der Waals surface area contributed by atoms with Gasteiger partial charge in [-0.2, -0.15) is 15.0 Å². The topological polar surface area (TPSA) is 100 Å². The molecule has 0 aliphatic carbocycles. The molecule has 0 bridgehead atoms. The summed E-state index contributed by atoms with van der Waals surface area (Å²) in [5.74, 6) is 0.982. The molecule has 118 valence electrons. The lowest BCUT2D eigenvalue weighted by Crippen LogP contribution is -2.39. The van der Waals surface area contributed by atoms with Crippen molar-refractivity contribution in [2.45, 2.75) is 33.7 Å². The van der Waals surface area contributed by atoms with Gasteiger partial charge in [0, 0.05) is 26.2 Å². The van der Waals surface area contributed by atoms with Crippen LogP contribution >= 0.6 is 0 Å². The Morgan fingerprint density at radius 3 is 2.29 bits per heavy atom. The number of aromatic nitrogens is 3. The van der Waals surface area contributed by atoms with Crippen LogP contribution in [-0.4, -0.2) is 53.6 Å². The quantitative estimate of drug-likeness (QED) is 0.744. The molecule has 0 unspecified atom stereocenters. The van der Waals surface area contributed by atoms with Crippen LogP contribution in [0.5, 0.6) is 0 Å². The molecule has 0 fully saturated rings. The zero-order valence-corrected chi connectivity index (χ0v) is 13.4. The summed E-state index contributed by atoms with van der Waals surface area (Å²) >= 11 is 0. The van der Waals surface area contributed by atoms with Crippen molar-refractivity contribution in [2.24, 2.45) is 0 Å². The SMILES string of the molecule is CCN(CC)c1nc(N)nc(N(C)CC(=O)NC(C)C)n1. The Morgan fingerprint density at radius 2 is 1.76 bits per heavy atom. The fourth-order valence-corrected chi connectivity index (χ4v) is 1.84. The normalized spacial score (nSPS) is 10.6. The summed E-state index contributed by atoms with van der Waals surface area (Å²) < 4.78 is 0. The number of amides is 1. The second-order valence-corrected chi connectivity index (χ2v) is 5.04. The Morgan fingerprint density at radius 1 is 1.19 bits per heavy atom. The number of carbonyl (C=O) groups is 1. The molecule has 0 aliphatic rings. The van der Waals surface area contributed by atoms with Crippen molar-refractivity contribution in [3.8, 4) is 0 Å². The van der Waals surface area contributed by atoms with Gasteiger partial charge in [-0.05, 0) is 27.7 Å². The molecule has 1 amide bonds. The Labute approximate surface area is 125 Å². The minimum absolute atomic E-state index is 0.0872. The van der Waals surface area contributed by atoms with Crippen LogP contribution in [0.2, 0.25) is 0 Å². The average molecular weight is 295 g/mol. The van der Waals surface area contributed by atoms with Crippen molar-refractivity contribution in [3.05, 3.63) is 0 Å². The van der Waals surface area contributed by atoms with Crippen molar-refractivity contribution in [2.75, 3.05) is 42.2 Å². The molecule has 8 heteroatoms. The number of carbonyl (C=O) groups excluding carboxylic acids is 1. The van der Waals surface area contributed by atoms with Gasteiger partial charge >= 0.3 is 0 Å². The lowest BCUT2D eigenvalue weighted by atomic mass is 10.4. The number of rotatable bonds is 7. The van der Waals surface area contributed by atoms with E-state index in [-0.39, 0.29) is 24.4 Å². The van der Waals surface area contributed by atoms with Crippen LogP contribution in [0.1, 0.15) is 27.7 Å². The van der Waals surface area contributed by atoms with Gasteiger partial charge < -0.3 is 20.9 Å². The second kappa shape index (κ2) is 7.61. The molecule has 0 aliphatic heterocycles. The molecular weight excluding hydrogens is 270 g/mol. The molecule has 3 N–H and O–H groups in total. The van der Waals surface area contributed by atoms with Gasteiger partial charge in [0.1, 0.15) is 0 Å². The minimum Gasteiger partial charge on any atom is -0.368 e. The lowest BCUT2D eigenvalue weighted by Gasteiger charge is -2.22. The summed E-state index contributed by atoms with van der Waals surface area (Å²) in [7, 11) is 1.75. The fourth-order valence-electron chi connectivity index (χ4n) is 1.84. The zero-order chi connectivity index (χ0) is 16.0. The summed E-state index contributed by atoms with van der Waals surface area (Å²) in [6, 6.07) is 0.0977. The van der Waals surface area contributed by atoms with Crippen molar-refractivity contribution in [1.82, 2.24) is 20.3 Å². The predicted octanol–water partition coefficient (Wildman–Crippen LogP) is 0.261. The van der Waals surface area contributed by atoms with Gasteiger partial charge in [0.2, 0.25) is 23.8 Å². The Balaban J connectivity index is 2.89. The van der Waals surface area contributed by atoms with Gasteiger partial charge in [0.05, 0.1) is 6.54 Å². The maximum atomic E-state index is 11.8. The summed E-state index contributed by atoms with van der Waals surface area (Å²) in [6.07, 6.45) is 0. The Kier molecular flexibility index (Phi) is 6.13. The highest BCUT2D eigenvalue weighted by Gasteiger charge is 2.15. The van der Waals surface area contributed by atoms with E-state index in [1.807, 2.05) is 32.6 Å². The first-order valence-corrected chi connectivity index (χ1v) is 7.14. The van der Waals surface area contributed by atoms with E-state index in [1.165, 1.54) is 0 Å². The van der Waals surface area contributed by atoms with Crippen molar-refractivity contribution >= 4 is 23.8 Å². The molecule has 1 aromatic heterocycles. The van der Waals surface area contributed by atoms with E-state index in [2.05, 4.69) is 20.3 Å². The third-order valence-electron chi connectivity index (χ3n) is 2.85. The first-order chi connectivity index (χ1) is 9.87. The highest BCUT2D eigenvalue weighted by Crippen LogP contribution is 2.13. The number of nitrogens with two attached hydrogens (primary N) is 1. The van der Waals surface area contributed by atoms with Crippen molar-refractivity contribution < 1.29 is 4.79 Å². The van der Waals surface area contributed by atoms with E-state index in [0.29, 0.717) is 11.9 Å². The second-order valence-electron chi connectivity index (χ2n) is 5.04. The van der Waals surface area contributed by atoms with E-state index in [9.17, 15) is 4.79 Å². The lowest BCUT2D eigenvalue weighted by molar-refractivity contribution is -0.120. The molecule has 0 saturated heterocycles. The number of nitrogens with one attached hydrogen (secondary N) is 1. The van der Waals surface area contributed by atoms with Crippen LogP contribution in [0, 0.1) is 0 Å². The summed E-state index contributed by atoms with van der Waals surface area (Å²) in [5.41, 5.74) is 5.74. The maximum Gasteiger partial charge on any atom is 0.239 e. The monoisotopic (exact) mass is 295 g/mol. The van der Waals surface area contributed by atoms with Gasteiger partial charge in [-0.25, -0.2) is 0 Å². The average Bonchev–Trinajstić information content (AvgIpc) is 2.38. The largest absolute Gasteiger partial charge is 0.368 e. The standard InChI is InChI=1S/C13H25N7O/c1-6-20(7-2)13-17-11(14)16-12(18-13)19(5)8-10(21)15-9(3)4/h9H,6-8H2,1-5H3,(H,15,21)(H2,14,16,17,18). The van der Waals surface area contributed by atoms with Gasteiger partial charge in [-0.15, -0.1) is 0 Å². The van der Waals surface area contributed by atoms with Crippen LogP contribution in [0.4, 0.5) is 17.8 Å². The molecule has 8 nitrogen and oxygen atoms in total. The summed E-state index contributed by atoms with van der Waals surface area (Å²) in [6.45, 7) is 9.58. The first-order valence-electron chi connectivity index (χ1n) is 7.14. The number of likely N-dealkylation sites (N-methyl/N-ethyl adjacent to an activating group) is 1. The molecule has 21 heavy (non-hydrogen) atoms. The van der Waals surface area contributed by atoms with Crippen LogP contribution in [0.15, 0.2) is 0 Å². The molecule has 1 heterocycles. The van der Waals surface area contributed by atoms with Crippen molar-refractivity contribution in [3.63, 3.8) is 0 Å². The van der Waals surface area contributed by atoms with Gasteiger partial charge in [0.15, 0.2) is 0 Å². The number of anilines is 3. The van der Waals surface area contributed by atoms with E-state index >= 15 is 0 Å². The molecule has 0 radical (unpaired) electrons. The molecule has 0 aromatic carbocycles. The number of hydrogen-bond donors (Lipinski definition) is 2. The predicted molar refractivity (Wildman–Crippen MR) is 84.3 cm³/mol. The third-order valence-corrected chi connectivity index (χ3v) is 2.85. The number of nitrogen functional groups attached to an aromatic ring is 1. The third kappa shape index (κ3) is 5.05. The maximum absolute atomic E-state index is 11.8. The van der Waals surface area contributed by atoms with Crippen LogP contribution in [-0.2, 0) is 4.79 Å². The van der Waals surface area contributed by atoms with Crippen LogP contribution in [0.3, 0.4) is 0 Å². The van der Waals surface area contributed by atoms with Crippen LogP contribution in [0.25, 0.3) is 0 Å². The number of hydrogen-bond acceptors (Lipinski definition) is 7. The van der Waals surface area contributed by atoms with E-state index in [4.69, 9.17) is 5.73 Å². The summed E-state index contributed by atoms with van der Waals surface area (Å²) in [5, 5.41) is 2.82. The summed E-state index contributed by atoms with van der Waals surface area (Å²) in [4.78, 5) is 28.0. The molecule has 0 saturated carbocycles. The van der Waals surface area contributed by atoms with Gasteiger partial charge in [-0.1, -0.05) is 0 Å². The van der Waals surface area contributed by atoms with Crippen molar-refractivity contribution in [1.29, 1.82) is 0 Å². The molecule has 0 spiro atoms. The fraction of sp³-hybridized carbons (Fsp3) is 0.692. The molecule has 1 rings (SSSR count). The first kappa shape index (κ1) is 16.9. The zero-order valence-electron chi connectivity index (χ0n) is 13.4. The smallest absolute Gasteiger partial charge is 0.239 e. The Bertz CT molecular complexity index is 474. The van der Waals surface area contributed by atoms with E-state index in [0.717, 1.165) is 13.1 Å². The van der Waals surface area contributed by atoms with E-state index < -0.39 is 0 Å². The van der Waals surface area contributed by atoms with E-state index in [1.54, 1.807) is 11.9 Å². The molecule has 1 aromatic rings. The number of nitrogens with zero attached hydrogens (tertiary/aromatic N) is 5. The minimum atomic E-state index is -0.0872. The Hall–Kier alpha value is -2.12. The molecular formula is C13H25N7O. The van der Waals surface area contributed by atoms with Gasteiger partial charge in [-0.3, -0.25) is 4.79 Å². The molecule has 0 atom stereocenters. The van der Waals surface area contributed by atoms with Crippen LogP contribution < -0.4 is 20.9 Å².